The molecule has 1 unspecified atom stereocenters. The Morgan fingerprint density at radius 2 is 2.00 bits per heavy atom. The molecular formula is C18H15ClF3N3OS. The summed E-state index contributed by atoms with van der Waals surface area (Å²) in [7, 11) is 0. The molecule has 142 valence electrons. The van der Waals surface area contributed by atoms with Crippen LogP contribution < -0.4 is 5.32 Å². The lowest BCUT2D eigenvalue weighted by Crippen LogP contribution is -2.29. The van der Waals surface area contributed by atoms with Crippen LogP contribution in [0.3, 0.4) is 0 Å². The van der Waals surface area contributed by atoms with Gasteiger partial charge in [-0.15, -0.1) is 11.3 Å². The number of amides is 1. The highest BCUT2D eigenvalue weighted by Crippen LogP contribution is 2.34. The van der Waals surface area contributed by atoms with Gasteiger partial charge >= 0.3 is 6.18 Å². The van der Waals surface area contributed by atoms with Gasteiger partial charge in [-0.1, -0.05) is 24.6 Å². The molecule has 0 bridgehead atoms. The molecule has 27 heavy (non-hydrogen) atoms. The summed E-state index contributed by atoms with van der Waals surface area (Å²) in [5.74, 6) is -0.817. The van der Waals surface area contributed by atoms with E-state index >= 15 is 0 Å². The van der Waals surface area contributed by atoms with Gasteiger partial charge in [-0.2, -0.15) is 18.3 Å². The van der Waals surface area contributed by atoms with Gasteiger partial charge in [-0.05, 0) is 42.1 Å². The zero-order chi connectivity index (χ0) is 19.6. The van der Waals surface area contributed by atoms with Crippen molar-refractivity contribution < 1.29 is 18.0 Å². The Kier molecular flexibility index (Phi) is 5.57. The first-order chi connectivity index (χ1) is 12.8. The number of carbonyl (C=O) groups excluding carboxylic acids is 1. The van der Waals surface area contributed by atoms with E-state index in [1.807, 2.05) is 24.4 Å². The lowest BCUT2D eigenvalue weighted by molar-refractivity contribution is -0.143. The fraction of sp³-hybridized carbons (Fsp3) is 0.222. The minimum Gasteiger partial charge on any atom is -0.344 e. The van der Waals surface area contributed by atoms with Crippen LogP contribution in [-0.4, -0.2) is 15.7 Å². The van der Waals surface area contributed by atoms with Crippen molar-refractivity contribution in [2.75, 3.05) is 0 Å². The quantitative estimate of drug-likeness (QED) is 0.601. The molecule has 0 saturated heterocycles. The number of nitrogens with zero attached hydrogens (tertiary/aromatic N) is 2. The van der Waals surface area contributed by atoms with E-state index in [-0.39, 0.29) is 11.7 Å². The minimum absolute atomic E-state index is 0.163. The topological polar surface area (TPSA) is 46.9 Å². The second-order valence-electron chi connectivity index (χ2n) is 5.74. The first-order valence-electron chi connectivity index (χ1n) is 8.06. The molecule has 0 spiro atoms. The molecule has 0 aliphatic rings. The molecule has 1 atom stereocenters. The van der Waals surface area contributed by atoms with Crippen molar-refractivity contribution in [3.05, 3.63) is 69.1 Å². The highest BCUT2D eigenvalue weighted by atomic mass is 35.5. The molecule has 0 aliphatic carbocycles. The van der Waals surface area contributed by atoms with Crippen LogP contribution in [0, 0.1) is 0 Å². The summed E-state index contributed by atoms with van der Waals surface area (Å²) in [6, 6.07) is 9.04. The minimum atomic E-state index is -4.76. The summed E-state index contributed by atoms with van der Waals surface area (Å²) in [4.78, 5) is 13.5. The lowest BCUT2D eigenvalue weighted by Gasteiger charge is -2.17. The third-order valence-electron chi connectivity index (χ3n) is 3.95. The zero-order valence-corrected chi connectivity index (χ0v) is 15.7. The van der Waals surface area contributed by atoms with Crippen molar-refractivity contribution in [3.63, 3.8) is 0 Å². The summed E-state index contributed by atoms with van der Waals surface area (Å²) in [6.45, 7) is 1.85. The van der Waals surface area contributed by atoms with E-state index in [9.17, 15) is 18.0 Å². The maximum atomic E-state index is 13.7. The van der Waals surface area contributed by atoms with Crippen LogP contribution >= 0.6 is 22.9 Å². The molecule has 0 fully saturated rings. The third kappa shape index (κ3) is 4.17. The SMILES string of the molecule is CCC(NC(=O)c1cnn(-c2ccc(Cl)cc2)c1C(F)(F)F)c1cccs1. The second-order valence-corrected chi connectivity index (χ2v) is 7.16. The number of thiophene rings is 1. The maximum Gasteiger partial charge on any atom is 0.434 e. The van der Waals surface area contributed by atoms with Crippen LogP contribution in [-0.2, 0) is 6.18 Å². The Labute approximate surface area is 162 Å². The standard InChI is InChI=1S/C18H15ClF3N3OS/c1-2-14(15-4-3-9-27-15)24-17(26)13-10-23-25(16(13)18(20,21)22)12-7-5-11(19)6-8-12/h3-10,14H,2H2,1H3,(H,24,26). The van der Waals surface area contributed by atoms with E-state index in [1.165, 1.54) is 35.6 Å². The molecular weight excluding hydrogens is 399 g/mol. The largest absolute Gasteiger partial charge is 0.434 e. The molecule has 3 rings (SSSR count). The van der Waals surface area contributed by atoms with Crippen molar-refractivity contribution >= 4 is 28.8 Å². The van der Waals surface area contributed by atoms with Crippen LogP contribution in [0.5, 0.6) is 0 Å². The molecule has 9 heteroatoms. The Morgan fingerprint density at radius 1 is 1.30 bits per heavy atom. The van der Waals surface area contributed by atoms with E-state index in [1.54, 1.807) is 0 Å². The highest BCUT2D eigenvalue weighted by Gasteiger charge is 2.40. The fourth-order valence-electron chi connectivity index (χ4n) is 2.67. The smallest absolute Gasteiger partial charge is 0.344 e. The normalized spacial score (nSPS) is 12.8. The molecule has 1 amide bonds. The van der Waals surface area contributed by atoms with Gasteiger partial charge in [0.2, 0.25) is 0 Å². The van der Waals surface area contributed by atoms with Gasteiger partial charge in [0, 0.05) is 9.90 Å². The van der Waals surface area contributed by atoms with Crippen LogP contribution in [0.1, 0.15) is 40.3 Å². The third-order valence-corrected chi connectivity index (χ3v) is 5.19. The second kappa shape index (κ2) is 7.74. The Morgan fingerprint density at radius 3 is 2.56 bits per heavy atom. The zero-order valence-electron chi connectivity index (χ0n) is 14.1. The van der Waals surface area contributed by atoms with E-state index in [0.29, 0.717) is 16.1 Å². The first kappa shape index (κ1) is 19.4. The van der Waals surface area contributed by atoms with Gasteiger partial charge < -0.3 is 5.32 Å². The van der Waals surface area contributed by atoms with Crippen LogP contribution in [0.25, 0.3) is 5.69 Å². The van der Waals surface area contributed by atoms with Gasteiger partial charge in [-0.3, -0.25) is 4.79 Å². The first-order valence-corrected chi connectivity index (χ1v) is 9.32. The van der Waals surface area contributed by atoms with Crippen molar-refractivity contribution in [1.29, 1.82) is 0 Å². The lowest BCUT2D eigenvalue weighted by atomic mass is 10.1. The summed E-state index contributed by atoms with van der Waals surface area (Å²) >= 11 is 7.23. The van der Waals surface area contributed by atoms with Crippen LogP contribution in [0.2, 0.25) is 5.02 Å². The summed E-state index contributed by atoms with van der Waals surface area (Å²) in [6.07, 6.45) is -3.26. The molecule has 0 aliphatic heterocycles. The number of nitrogens with one attached hydrogen (secondary N) is 1. The number of halogens is 4. The molecule has 2 aromatic heterocycles. The predicted molar refractivity (Wildman–Crippen MR) is 98.4 cm³/mol. The van der Waals surface area contributed by atoms with E-state index in [2.05, 4.69) is 10.4 Å². The monoisotopic (exact) mass is 413 g/mol. The highest BCUT2D eigenvalue weighted by molar-refractivity contribution is 7.10. The average Bonchev–Trinajstić information content (AvgIpc) is 3.29. The number of hydrogen-bond donors (Lipinski definition) is 1. The predicted octanol–water partition coefficient (Wildman–Crippen LogP) is 5.49. The van der Waals surface area contributed by atoms with Crippen molar-refractivity contribution in [2.45, 2.75) is 25.6 Å². The van der Waals surface area contributed by atoms with Crippen LogP contribution in [0.15, 0.2) is 48.0 Å². The van der Waals surface area contributed by atoms with Crippen LogP contribution in [0.4, 0.5) is 13.2 Å². The van der Waals surface area contributed by atoms with Gasteiger partial charge in [0.1, 0.15) is 0 Å². The number of benzene rings is 1. The van der Waals surface area contributed by atoms with Crippen molar-refractivity contribution in [1.82, 2.24) is 15.1 Å². The molecule has 4 nitrogen and oxygen atoms in total. The van der Waals surface area contributed by atoms with Gasteiger partial charge in [0.15, 0.2) is 5.69 Å². The number of alkyl halides is 3. The molecule has 3 aromatic rings. The van der Waals surface area contributed by atoms with E-state index in [0.717, 1.165) is 11.1 Å². The fourth-order valence-corrected chi connectivity index (χ4v) is 3.65. The van der Waals surface area contributed by atoms with Gasteiger partial charge in [0.05, 0.1) is 23.5 Å². The average molecular weight is 414 g/mol. The molecule has 0 saturated carbocycles. The Balaban J connectivity index is 1.98. The Bertz CT molecular complexity index is 920. The number of carbonyl (C=O) groups is 1. The Hall–Kier alpha value is -2.32. The summed E-state index contributed by atoms with van der Waals surface area (Å²) in [5, 5.41) is 8.70. The summed E-state index contributed by atoms with van der Waals surface area (Å²) in [5.41, 5.74) is -1.48. The maximum absolute atomic E-state index is 13.7. The van der Waals surface area contributed by atoms with E-state index in [4.69, 9.17) is 11.6 Å². The number of hydrogen-bond acceptors (Lipinski definition) is 3. The molecule has 1 aromatic carbocycles. The van der Waals surface area contributed by atoms with Crippen molar-refractivity contribution in [3.8, 4) is 5.69 Å². The van der Waals surface area contributed by atoms with Gasteiger partial charge in [0.25, 0.3) is 5.91 Å². The molecule has 1 N–H and O–H groups in total. The van der Waals surface area contributed by atoms with E-state index < -0.39 is 23.3 Å². The number of rotatable bonds is 5. The van der Waals surface area contributed by atoms with Crippen molar-refractivity contribution in [2.24, 2.45) is 0 Å². The summed E-state index contributed by atoms with van der Waals surface area (Å²) < 4.78 is 41.8. The number of aromatic nitrogens is 2. The van der Waals surface area contributed by atoms with Gasteiger partial charge in [-0.25, -0.2) is 4.68 Å². The molecule has 0 radical (unpaired) electrons. The molecule has 2 heterocycles.